The molecular formula is C6H4F3IN2. The zero-order valence-electron chi connectivity index (χ0n) is 5.69. The smallest absolute Gasteiger partial charge is 0.383 e. The van der Waals surface area contributed by atoms with E-state index in [-0.39, 0.29) is 9.39 Å². The molecule has 2 N–H and O–H groups in total. The van der Waals surface area contributed by atoms with E-state index in [4.69, 9.17) is 5.73 Å². The van der Waals surface area contributed by atoms with Crippen LogP contribution in [0.15, 0.2) is 12.3 Å². The first kappa shape index (κ1) is 9.56. The van der Waals surface area contributed by atoms with E-state index in [0.29, 0.717) is 0 Å². The zero-order valence-corrected chi connectivity index (χ0v) is 7.85. The Balaban J connectivity index is 3.26. The number of halogens is 4. The number of anilines is 1. The third kappa shape index (κ3) is 1.79. The van der Waals surface area contributed by atoms with Gasteiger partial charge in [0.25, 0.3) is 0 Å². The van der Waals surface area contributed by atoms with Gasteiger partial charge in [0.1, 0.15) is 5.82 Å². The minimum absolute atomic E-state index is 0.0531. The van der Waals surface area contributed by atoms with E-state index in [1.54, 1.807) is 0 Å². The normalized spacial score (nSPS) is 11.7. The van der Waals surface area contributed by atoms with Crippen molar-refractivity contribution in [3.05, 3.63) is 21.4 Å². The Bertz CT molecular complexity index is 297. The fourth-order valence-corrected chi connectivity index (χ4v) is 1.30. The quantitative estimate of drug-likeness (QED) is 0.744. The summed E-state index contributed by atoms with van der Waals surface area (Å²) in [6.45, 7) is 0. The standard InChI is InChI=1S/C6H4F3IN2/c7-6(8,9)3-1-2-12-5(11)4(3)10/h1-2H,(H2,11,12). The van der Waals surface area contributed by atoms with Crippen LogP contribution in [-0.2, 0) is 6.18 Å². The van der Waals surface area contributed by atoms with E-state index in [1.165, 1.54) is 22.6 Å². The zero-order chi connectivity index (χ0) is 9.35. The first-order valence-corrected chi connectivity index (χ1v) is 3.98. The van der Waals surface area contributed by atoms with Gasteiger partial charge in [-0.2, -0.15) is 13.2 Å². The fourth-order valence-electron chi connectivity index (χ4n) is 0.679. The molecular weight excluding hydrogens is 284 g/mol. The van der Waals surface area contributed by atoms with E-state index in [9.17, 15) is 13.2 Å². The van der Waals surface area contributed by atoms with Gasteiger partial charge in [-0.1, -0.05) is 0 Å². The molecule has 0 aliphatic heterocycles. The third-order valence-corrected chi connectivity index (χ3v) is 2.36. The van der Waals surface area contributed by atoms with Gasteiger partial charge in [0.15, 0.2) is 0 Å². The van der Waals surface area contributed by atoms with Gasteiger partial charge < -0.3 is 5.73 Å². The molecule has 0 aliphatic carbocycles. The molecule has 0 fully saturated rings. The average Bonchev–Trinajstić information content (AvgIpc) is 1.92. The number of aromatic nitrogens is 1. The van der Waals surface area contributed by atoms with Gasteiger partial charge in [-0.05, 0) is 28.7 Å². The predicted molar refractivity (Wildman–Crippen MR) is 46.4 cm³/mol. The second-order valence-corrected chi connectivity index (χ2v) is 3.13. The number of hydrogen-bond donors (Lipinski definition) is 1. The summed E-state index contributed by atoms with van der Waals surface area (Å²) in [6.07, 6.45) is -3.31. The van der Waals surface area contributed by atoms with Crippen LogP contribution < -0.4 is 5.73 Å². The van der Waals surface area contributed by atoms with E-state index in [0.717, 1.165) is 12.3 Å². The van der Waals surface area contributed by atoms with Crippen LogP contribution in [0.1, 0.15) is 5.56 Å². The molecule has 0 amide bonds. The number of pyridine rings is 1. The van der Waals surface area contributed by atoms with Crippen LogP contribution in [0.2, 0.25) is 0 Å². The van der Waals surface area contributed by atoms with Crippen molar-refractivity contribution in [2.24, 2.45) is 0 Å². The summed E-state index contributed by atoms with van der Waals surface area (Å²) in [5.41, 5.74) is 4.46. The highest BCUT2D eigenvalue weighted by Gasteiger charge is 2.33. The molecule has 1 aromatic heterocycles. The first-order chi connectivity index (χ1) is 5.43. The molecule has 66 valence electrons. The largest absolute Gasteiger partial charge is 0.417 e. The maximum atomic E-state index is 12.1. The number of rotatable bonds is 0. The van der Waals surface area contributed by atoms with Crippen LogP contribution in [0.3, 0.4) is 0 Å². The predicted octanol–water partition coefficient (Wildman–Crippen LogP) is 2.29. The maximum Gasteiger partial charge on any atom is 0.417 e. The molecule has 0 spiro atoms. The van der Waals surface area contributed by atoms with E-state index in [2.05, 4.69) is 4.98 Å². The molecule has 0 bridgehead atoms. The highest BCUT2D eigenvalue weighted by Crippen LogP contribution is 2.33. The molecule has 1 rings (SSSR count). The third-order valence-electron chi connectivity index (χ3n) is 1.22. The van der Waals surface area contributed by atoms with Crippen molar-refractivity contribution in [2.75, 3.05) is 5.73 Å². The molecule has 1 heterocycles. The summed E-state index contributed by atoms with van der Waals surface area (Å²) in [4.78, 5) is 3.52. The second kappa shape index (κ2) is 3.08. The van der Waals surface area contributed by atoms with E-state index < -0.39 is 11.7 Å². The van der Waals surface area contributed by atoms with Crippen LogP contribution in [0.5, 0.6) is 0 Å². The van der Waals surface area contributed by atoms with Crippen molar-refractivity contribution in [3.63, 3.8) is 0 Å². The van der Waals surface area contributed by atoms with Crippen molar-refractivity contribution < 1.29 is 13.2 Å². The van der Waals surface area contributed by atoms with Crippen molar-refractivity contribution in [2.45, 2.75) is 6.18 Å². The summed E-state index contributed by atoms with van der Waals surface area (Å²) in [7, 11) is 0. The van der Waals surface area contributed by atoms with Gasteiger partial charge in [0.2, 0.25) is 0 Å². The van der Waals surface area contributed by atoms with Crippen molar-refractivity contribution in [3.8, 4) is 0 Å². The molecule has 0 atom stereocenters. The van der Waals surface area contributed by atoms with Crippen molar-refractivity contribution in [1.82, 2.24) is 4.98 Å². The highest BCUT2D eigenvalue weighted by molar-refractivity contribution is 14.1. The molecule has 0 aliphatic rings. The van der Waals surface area contributed by atoms with Gasteiger partial charge in [-0.15, -0.1) is 0 Å². The Morgan fingerprint density at radius 3 is 2.42 bits per heavy atom. The molecule has 12 heavy (non-hydrogen) atoms. The summed E-state index contributed by atoms with van der Waals surface area (Å²) >= 11 is 1.52. The topological polar surface area (TPSA) is 38.9 Å². The van der Waals surface area contributed by atoms with Crippen molar-refractivity contribution >= 4 is 28.4 Å². The highest BCUT2D eigenvalue weighted by atomic mass is 127. The van der Waals surface area contributed by atoms with Gasteiger partial charge in [-0.25, -0.2) is 4.98 Å². The van der Waals surface area contributed by atoms with Gasteiger partial charge in [-0.3, -0.25) is 0 Å². The molecule has 0 saturated carbocycles. The molecule has 6 heteroatoms. The SMILES string of the molecule is Nc1nccc(C(F)(F)F)c1I. The van der Waals surface area contributed by atoms with Crippen LogP contribution in [0.25, 0.3) is 0 Å². The van der Waals surface area contributed by atoms with Gasteiger partial charge in [0.05, 0.1) is 9.13 Å². The monoisotopic (exact) mass is 288 g/mol. The molecule has 0 radical (unpaired) electrons. The molecule has 0 aromatic carbocycles. The minimum atomic E-state index is -4.35. The number of nitrogens with zero attached hydrogens (tertiary/aromatic N) is 1. The molecule has 0 saturated heterocycles. The van der Waals surface area contributed by atoms with Crippen LogP contribution in [0, 0.1) is 3.57 Å². The van der Waals surface area contributed by atoms with E-state index in [1.807, 2.05) is 0 Å². The Morgan fingerprint density at radius 2 is 2.00 bits per heavy atom. The lowest BCUT2D eigenvalue weighted by atomic mass is 10.2. The lowest BCUT2D eigenvalue weighted by molar-refractivity contribution is -0.138. The number of nitrogen functional groups attached to an aromatic ring is 1. The molecule has 0 unspecified atom stereocenters. The van der Waals surface area contributed by atoms with Gasteiger partial charge >= 0.3 is 6.18 Å². The van der Waals surface area contributed by atoms with E-state index >= 15 is 0 Å². The van der Waals surface area contributed by atoms with Crippen LogP contribution >= 0.6 is 22.6 Å². The van der Waals surface area contributed by atoms with Crippen LogP contribution in [0.4, 0.5) is 19.0 Å². The summed E-state index contributed by atoms with van der Waals surface area (Å²) < 4.78 is 36.4. The number of hydrogen-bond acceptors (Lipinski definition) is 2. The average molecular weight is 288 g/mol. The number of alkyl halides is 3. The summed E-state index contributed by atoms with van der Waals surface area (Å²) in [6, 6.07) is 0.901. The fraction of sp³-hybridized carbons (Fsp3) is 0.167. The Morgan fingerprint density at radius 1 is 1.42 bits per heavy atom. The molecule has 1 aromatic rings. The lowest BCUT2D eigenvalue weighted by Crippen LogP contribution is -2.09. The minimum Gasteiger partial charge on any atom is -0.383 e. The second-order valence-electron chi connectivity index (χ2n) is 2.06. The Kier molecular flexibility index (Phi) is 2.45. The van der Waals surface area contributed by atoms with Crippen molar-refractivity contribution in [1.29, 1.82) is 0 Å². The van der Waals surface area contributed by atoms with Gasteiger partial charge in [0, 0.05) is 6.20 Å². The lowest BCUT2D eigenvalue weighted by Gasteiger charge is -2.08. The Hall–Kier alpha value is -0.530. The first-order valence-electron chi connectivity index (χ1n) is 2.90. The summed E-state index contributed by atoms with van der Waals surface area (Å²) in [5.74, 6) is -0.0922. The Labute approximate surface area is 80.1 Å². The maximum absolute atomic E-state index is 12.1. The summed E-state index contributed by atoms with van der Waals surface area (Å²) in [5, 5.41) is 0. The molecule has 2 nitrogen and oxygen atoms in total. The van der Waals surface area contributed by atoms with Crippen LogP contribution in [-0.4, -0.2) is 4.98 Å². The number of nitrogens with two attached hydrogens (primary N) is 1.